The highest BCUT2D eigenvalue weighted by atomic mass is 79.9. The Hall–Kier alpha value is -1.94. The molecule has 0 saturated carbocycles. The summed E-state index contributed by atoms with van der Waals surface area (Å²) in [6, 6.07) is 11.1. The summed E-state index contributed by atoms with van der Waals surface area (Å²) in [4.78, 5) is 0. The van der Waals surface area contributed by atoms with Crippen LogP contribution in [-0.4, -0.2) is 6.79 Å². The molecule has 0 radical (unpaired) electrons. The van der Waals surface area contributed by atoms with Crippen molar-refractivity contribution in [1.82, 2.24) is 0 Å². The summed E-state index contributed by atoms with van der Waals surface area (Å²) in [5.74, 6) is 2.66. The first kappa shape index (κ1) is 14.4. The van der Waals surface area contributed by atoms with E-state index in [-0.39, 0.29) is 6.04 Å². The van der Waals surface area contributed by atoms with Crippen molar-refractivity contribution in [2.75, 3.05) is 12.1 Å². The van der Waals surface area contributed by atoms with Gasteiger partial charge in [0.05, 0.1) is 6.04 Å². The molecular weight excluding hydrogens is 366 g/mol. The summed E-state index contributed by atoms with van der Waals surface area (Å²) >= 11 is 3.74. The molecule has 1 aliphatic carbocycles. The van der Waals surface area contributed by atoms with E-state index in [9.17, 15) is 0 Å². The van der Waals surface area contributed by atoms with Crippen molar-refractivity contribution in [2.45, 2.75) is 25.3 Å². The lowest BCUT2D eigenvalue weighted by Gasteiger charge is -2.38. The number of hydrogen-bond acceptors (Lipinski definition) is 3. The van der Waals surface area contributed by atoms with Crippen LogP contribution < -0.4 is 14.8 Å². The third kappa shape index (κ3) is 2.09. The Balaban J connectivity index is 1.61. The molecule has 2 aliphatic heterocycles. The summed E-state index contributed by atoms with van der Waals surface area (Å²) in [7, 11) is 0. The van der Waals surface area contributed by atoms with Gasteiger partial charge in [0.25, 0.3) is 0 Å². The summed E-state index contributed by atoms with van der Waals surface area (Å²) in [6.45, 7) is 2.47. The van der Waals surface area contributed by atoms with Gasteiger partial charge >= 0.3 is 0 Å². The standard InChI is InChI=1S/C20H18BrNO2/c1-11-5-6-17-14(7-11)12-3-2-4-13(12)20(22-17)15-8-18-19(9-16(15)21)24-10-23-18/h2-3,5-9,12-13,20,22H,4,10H2,1H3. The minimum atomic E-state index is 0.254. The van der Waals surface area contributed by atoms with E-state index in [0.717, 1.165) is 22.4 Å². The number of benzene rings is 2. The van der Waals surface area contributed by atoms with E-state index in [0.29, 0.717) is 18.6 Å². The summed E-state index contributed by atoms with van der Waals surface area (Å²) < 4.78 is 12.2. The molecule has 5 rings (SSSR count). The van der Waals surface area contributed by atoms with Crippen LogP contribution in [0.2, 0.25) is 0 Å². The molecule has 0 fully saturated rings. The third-order valence-electron chi connectivity index (χ3n) is 5.35. The fourth-order valence-electron chi connectivity index (χ4n) is 4.19. The van der Waals surface area contributed by atoms with Gasteiger partial charge in [-0.1, -0.05) is 45.8 Å². The molecule has 2 aromatic carbocycles. The monoisotopic (exact) mass is 383 g/mol. The molecule has 122 valence electrons. The molecule has 3 atom stereocenters. The van der Waals surface area contributed by atoms with E-state index in [1.54, 1.807) is 0 Å². The minimum absolute atomic E-state index is 0.254. The zero-order chi connectivity index (χ0) is 16.3. The van der Waals surface area contributed by atoms with Gasteiger partial charge in [-0.05, 0) is 48.6 Å². The first-order chi connectivity index (χ1) is 11.7. The SMILES string of the molecule is Cc1ccc2c(c1)C1C=CCC1C(c1cc3c(cc1Br)OCO3)N2. The molecule has 2 heterocycles. The Labute approximate surface area is 149 Å². The molecule has 3 aliphatic rings. The minimum Gasteiger partial charge on any atom is -0.454 e. The lowest BCUT2D eigenvalue weighted by Crippen LogP contribution is -2.29. The Bertz CT molecular complexity index is 861. The lowest BCUT2D eigenvalue weighted by atomic mass is 9.76. The number of ether oxygens (including phenoxy) is 2. The van der Waals surface area contributed by atoms with E-state index in [4.69, 9.17) is 9.47 Å². The predicted octanol–water partition coefficient (Wildman–Crippen LogP) is 5.31. The number of aryl methyl sites for hydroxylation is 1. The highest BCUT2D eigenvalue weighted by Gasteiger charge is 2.39. The normalized spacial score (nSPS) is 26.0. The van der Waals surface area contributed by atoms with Crippen molar-refractivity contribution >= 4 is 21.6 Å². The van der Waals surface area contributed by atoms with Gasteiger partial charge in [0.2, 0.25) is 6.79 Å². The lowest BCUT2D eigenvalue weighted by molar-refractivity contribution is 0.174. The van der Waals surface area contributed by atoms with Crippen LogP contribution in [0.5, 0.6) is 11.5 Å². The van der Waals surface area contributed by atoms with Crippen LogP contribution in [0.25, 0.3) is 0 Å². The first-order valence-corrected chi connectivity index (χ1v) is 9.13. The second kappa shape index (κ2) is 5.28. The van der Waals surface area contributed by atoms with Gasteiger partial charge in [-0.25, -0.2) is 0 Å². The Morgan fingerprint density at radius 2 is 1.92 bits per heavy atom. The molecule has 0 saturated heterocycles. The van der Waals surface area contributed by atoms with Gasteiger partial charge in [0.1, 0.15) is 0 Å². The fourth-order valence-corrected chi connectivity index (χ4v) is 4.76. The maximum absolute atomic E-state index is 5.60. The molecular formula is C20H18BrNO2. The quantitative estimate of drug-likeness (QED) is 0.676. The summed E-state index contributed by atoms with van der Waals surface area (Å²) in [5.41, 5.74) is 5.21. The van der Waals surface area contributed by atoms with E-state index in [1.807, 2.05) is 6.07 Å². The first-order valence-electron chi connectivity index (χ1n) is 8.33. The van der Waals surface area contributed by atoms with Crippen molar-refractivity contribution in [1.29, 1.82) is 0 Å². The second-order valence-electron chi connectivity index (χ2n) is 6.79. The average Bonchev–Trinajstić information content (AvgIpc) is 3.22. The highest BCUT2D eigenvalue weighted by Crippen LogP contribution is 2.52. The zero-order valence-electron chi connectivity index (χ0n) is 13.4. The molecule has 3 nitrogen and oxygen atoms in total. The average molecular weight is 384 g/mol. The van der Waals surface area contributed by atoms with Crippen molar-refractivity contribution < 1.29 is 9.47 Å². The number of halogens is 1. The van der Waals surface area contributed by atoms with Crippen LogP contribution >= 0.6 is 15.9 Å². The van der Waals surface area contributed by atoms with Crippen LogP contribution in [-0.2, 0) is 0 Å². The molecule has 0 aromatic heterocycles. The molecule has 0 amide bonds. The largest absolute Gasteiger partial charge is 0.454 e. The van der Waals surface area contributed by atoms with Crippen molar-refractivity contribution in [3.8, 4) is 11.5 Å². The van der Waals surface area contributed by atoms with Crippen LogP contribution in [0.1, 0.15) is 35.1 Å². The number of anilines is 1. The Morgan fingerprint density at radius 1 is 1.08 bits per heavy atom. The maximum Gasteiger partial charge on any atom is 0.231 e. The molecule has 3 unspecified atom stereocenters. The van der Waals surface area contributed by atoms with Gasteiger partial charge in [-0.15, -0.1) is 0 Å². The fraction of sp³-hybridized carbons (Fsp3) is 0.300. The summed E-state index contributed by atoms with van der Waals surface area (Å²) in [6.07, 6.45) is 5.79. The molecule has 2 aromatic rings. The number of hydrogen-bond donors (Lipinski definition) is 1. The van der Waals surface area contributed by atoms with E-state index in [1.165, 1.54) is 22.4 Å². The highest BCUT2D eigenvalue weighted by molar-refractivity contribution is 9.10. The van der Waals surface area contributed by atoms with E-state index in [2.05, 4.69) is 64.6 Å². The van der Waals surface area contributed by atoms with Gasteiger partial charge in [-0.3, -0.25) is 0 Å². The van der Waals surface area contributed by atoms with Gasteiger partial charge < -0.3 is 14.8 Å². The Morgan fingerprint density at radius 3 is 2.79 bits per heavy atom. The zero-order valence-corrected chi connectivity index (χ0v) is 15.0. The number of rotatable bonds is 1. The topological polar surface area (TPSA) is 30.5 Å². The van der Waals surface area contributed by atoms with Crippen LogP contribution in [0.15, 0.2) is 47.0 Å². The van der Waals surface area contributed by atoms with Crippen molar-refractivity contribution in [3.63, 3.8) is 0 Å². The smallest absolute Gasteiger partial charge is 0.231 e. The molecule has 0 bridgehead atoms. The van der Waals surface area contributed by atoms with Crippen LogP contribution in [0.4, 0.5) is 5.69 Å². The molecule has 24 heavy (non-hydrogen) atoms. The maximum atomic E-state index is 5.60. The number of fused-ring (bicyclic) bond motifs is 4. The molecule has 0 spiro atoms. The van der Waals surface area contributed by atoms with Crippen molar-refractivity contribution in [2.24, 2.45) is 5.92 Å². The number of allylic oxidation sites excluding steroid dienone is 2. The Kier molecular flexibility index (Phi) is 3.17. The summed E-state index contributed by atoms with van der Waals surface area (Å²) in [5, 5.41) is 3.78. The van der Waals surface area contributed by atoms with Crippen molar-refractivity contribution in [3.05, 3.63) is 63.6 Å². The van der Waals surface area contributed by atoms with Gasteiger partial charge in [-0.2, -0.15) is 0 Å². The number of nitrogens with one attached hydrogen (secondary N) is 1. The van der Waals surface area contributed by atoms with Crippen LogP contribution in [0, 0.1) is 12.8 Å². The third-order valence-corrected chi connectivity index (χ3v) is 6.03. The molecule has 4 heteroatoms. The van der Waals surface area contributed by atoms with Gasteiger partial charge in [0, 0.05) is 16.1 Å². The van der Waals surface area contributed by atoms with E-state index < -0.39 is 0 Å². The molecule has 1 N–H and O–H groups in total. The second-order valence-corrected chi connectivity index (χ2v) is 7.65. The van der Waals surface area contributed by atoms with E-state index >= 15 is 0 Å². The predicted molar refractivity (Wildman–Crippen MR) is 97.8 cm³/mol. The van der Waals surface area contributed by atoms with Gasteiger partial charge in [0.15, 0.2) is 11.5 Å². The van der Waals surface area contributed by atoms with Crippen LogP contribution in [0.3, 0.4) is 0 Å².